The Labute approximate surface area is 140 Å². The molecule has 130 valence electrons. The second kappa shape index (κ2) is 7.12. The first-order valence-corrected chi connectivity index (χ1v) is 7.92. The minimum Gasteiger partial charge on any atom is -0.506 e. The summed E-state index contributed by atoms with van der Waals surface area (Å²) >= 11 is 1.20. The zero-order chi connectivity index (χ0) is 17.9. The number of anilines is 1. The average Bonchev–Trinajstić information content (AvgIpc) is 2.87. The van der Waals surface area contributed by atoms with Gasteiger partial charge in [-0.25, -0.2) is 0 Å². The van der Waals surface area contributed by atoms with Gasteiger partial charge in [-0.1, -0.05) is 19.1 Å². The fourth-order valence-corrected chi connectivity index (χ4v) is 3.23. The van der Waals surface area contributed by atoms with Gasteiger partial charge in [0.2, 0.25) is 0 Å². The lowest BCUT2D eigenvalue weighted by atomic mass is 10.0. The number of rotatable bonds is 5. The highest BCUT2D eigenvalue weighted by Gasteiger charge is 2.31. The van der Waals surface area contributed by atoms with Crippen molar-refractivity contribution < 1.29 is 27.8 Å². The van der Waals surface area contributed by atoms with E-state index in [9.17, 15) is 23.1 Å². The minimum atomic E-state index is -4.48. The number of aromatic hydroxyl groups is 1. The maximum Gasteiger partial charge on any atom is 0.416 e. The Morgan fingerprint density at radius 3 is 2.67 bits per heavy atom. The third-order valence-corrected chi connectivity index (χ3v) is 4.65. The van der Waals surface area contributed by atoms with Crippen LogP contribution in [0.4, 0.5) is 18.2 Å². The smallest absolute Gasteiger partial charge is 0.416 e. The number of thiophene rings is 1. The molecular formula is C16H16F3NO3S. The van der Waals surface area contributed by atoms with Crippen LogP contribution >= 0.6 is 11.3 Å². The Morgan fingerprint density at radius 2 is 2.08 bits per heavy atom. The summed E-state index contributed by atoms with van der Waals surface area (Å²) in [5.41, 5.74) is -0.319. The summed E-state index contributed by atoms with van der Waals surface area (Å²) in [7, 11) is 1.24. The molecule has 0 aliphatic heterocycles. The van der Waals surface area contributed by atoms with Gasteiger partial charge in [0, 0.05) is 4.88 Å². The van der Waals surface area contributed by atoms with E-state index in [0.717, 1.165) is 12.1 Å². The van der Waals surface area contributed by atoms with Gasteiger partial charge in [0.25, 0.3) is 0 Å². The molecule has 1 heterocycles. The van der Waals surface area contributed by atoms with E-state index in [1.807, 2.05) is 6.92 Å². The van der Waals surface area contributed by atoms with Crippen LogP contribution in [0.1, 0.15) is 17.4 Å². The summed E-state index contributed by atoms with van der Waals surface area (Å²) in [5.74, 6) is -0.592. The van der Waals surface area contributed by atoms with Crippen molar-refractivity contribution in [3.05, 3.63) is 34.7 Å². The van der Waals surface area contributed by atoms with Crippen molar-refractivity contribution in [1.82, 2.24) is 0 Å². The highest BCUT2D eigenvalue weighted by Crippen LogP contribution is 2.46. The van der Waals surface area contributed by atoms with Gasteiger partial charge in [-0.05, 0) is 24.1 Å². The molecule has 0 radical (unpaired) electrons. The van der Waals surface area contributed by atoms with Crippen LogP contribution in [0.3, 0.4) is 0 Å². The summed E-state index contributed by atoms with van der Waals surface area (Å²) in [5, 5.41) is 13.6. The lowest BCUT2D eigenvalue weighted by molar-refractivity contribution is -0.139. The van der Waals surface area contributed by atoms with E-state index in [-0.39, 0.29) is 23.4 Å². The molecule has 0 bridgehead atoms. The number of alkyl halides is 3. The van der Waals surface area contributed by atoms with E-state index in [1.54, 1.807) is 0 Å². The molecule has 0 saturated heterocycles. The van der Waals surface area contributed by atoms with E-state index in [1.165, 1.54) is 30.6 Å². The molecule has 24 heavy (non-hydrogen) atoms. The number of carbonyl (C=O) groups excluding carboxylic acids is 1. The monoisotopic (exact) mass is 359 g/mol. The molecule has 1 aromatic heterocycles. The first-order chi connectivity index (χ1) is 11.3. The highest BCUT2D eigenvalue weighted by molar-refractivity contribution is 7.17. The molecule has 0 spiro atoms. The first kappa shape index (κ1) is 18.1. The number of ether oxygens (including phenoxy) is 1. The fraction of sp³-hybridized carbons (Fsp3) is 0.312. The number of hydrogen-bond donors (Lipinski definition) is 2. The van der Waals surface area contributed by atoms with Crippen LogP contribution in [-0.4, -0.2) is 24.7 Å². The van der Waals surface area contributed by atoms with Gasteiger partial charge < -0.3 is 15.2 Å². The van der Waals surface area contributed by atoms with Crippen molar-refractivity contribution in [1.29, 1.82) is 0 Å². The molecule has 2 N–H and O–H groups in total. The normalized spacial score (nSPS) is 11.4. The molecular weight excluding hydrogens is 343 g/mol. The number of esters is 1. The topological polar surface area (TPSA) is 58.6 Å². The minimum absolute atomic E-state index is 0.0748. The third kappa shape index (κ3) is 3.81. The van der Waals surface area contributed by atoms with Gasteiger partial charge >= 0.3 is 12.1 Å². The molecule has 2 aromatic rings. The summed E-state index contributed by atoms with van der Waals surface area (Å²) in [6.45, 7) is 1.68. The SMILES string of the molecule is CCc1sc(NCC(=O)OC)c(-c2cccc(C(F)(F)F)c2)c1O. The van der Waals surface area contributed by atoms with E-state index in [0.29, 0.717) is 16.3 Å². The standard InChI is InChI=1S/C16H16F3NO3S/c1-3-11-14(22)13(15(24-11)20-8-12(21)23-2)9-5-4-6-10(7-9)16(17,18)19/h4-7,20,22H,3,8H2,1-2H3. The number of nitrogens with one attached hydrogen (secondary N) is 1. The molecule has 8 heteroatoms. The molecule has 1 aromatic carbocycles. The molecule has 0 unspecified atom stereocenters. The van der Waals surface area contributed by atoms with E-state index in [4.69, 9.17) is 0 Å². The number of hydrogen-bond acceptors (Lipinski definition) is 5. The van der Waals surface area contributed by atoms with Crippen molar-refractivity contribution >= 4 is 22.3 Å². The Bertz CT molecular complexity index is 741. The number of carbonyl (C=O) groups is 1. The zero-order valence-corrected chi connectivity index (χ0v) is 13.8. The lowest BCUT2D eigenvalue weighted by Gasteiger charge is -2.10. The van der Waals surface area contributed by atoms with Crippen LogP contribution in [-0.2, 0) is 22.1 Å². The molecule has 0 saturated carbocycles. The third-order valence-electron chi connectivity index (χ3n) is 3.37. The largest absolute Gasteiger partial charge is 0.506 e. The molecule has 0 fully saturated rings. The second-order valence-electron chi connectivity index (χ2n) is 4.94. The van der Waals surface area contributed by atoms with Crippen molar-refractivity contribution in [3.8, 4) is 16.9 Å². The van der Waals surface area contributed by atoms with E-state index >= 15 is 0 Å². The summed E-state index contributed by atoms with van der Waals surface area (Å²) < 4.78 is 43.3. The van der Waals surface area contributed by atoms with Gasteiger partial charge in [-0.3, -0.25) is 4.79 Å². The Kier molecular flexibility index (Phi) is 5.38. The van der Waals surface area contributed by atoms with Crippen molar-refractivity contribution in [2.24, 2.45) is 0 Å². The lowest BCUT2D eigenvalue weighted by Crippen LogP contribution is -2.14. The van der Waals surface area contributed by atoms with Gasteiger partial charge in [0.05, 0.1) is 18.2 Å². The van der Waals surface area contributed by atoms with Crippen LogP contribution in [0.15, 0.2) is 24.3 Å². The average molecular weight is 359 g/mol. The predicted octanol–water partition coefficient (Wildman–Crippen LogP) is 4.29. The van der Waals surface area contributed by atoms with E-state index < -0.39 is 17.7 Å². The Hall–Kier alpha value is -2.22. The highest BCUT2D eigenvalue weighted by atomic mass is 32.1. The van der Waals surface area contributed by atoms with Gasteiger partial charge in [-0.15, -0.1) is 11.3 Å². The zero-order valence-electron chi connectivity index (χ0n) is 13.0. The Balaban J connectivity index is 2.48. The first-order valence-electron chi connectivity index (χ1n) is 7.10. The maximum absolute atomic E-state index is 12.9. The van der Waals surface area contributed by atoms with Gasteiger partial charge in [0.15, 0.2) is 0 Å². The van der Waals surface area contributed by atoms with Crippen LogP contribution in [0.2, 0.25) is 0 Å². The van der Waals surface area contributed by atoms with Crippen LogP contribution < -0.4 is 5.32 Å². The number of aryl methyl sites for hydroxylation is 1. The van der Waals surface area contributed by atoms with Crippen molar-refractivity contribution in [2.45, 2.75) is 19.5 Å². The van der Waals surface area contributed by atoms with Crippen LogP contribution in [0.25, 0.3) is 11.1 Å². The number of benzene rings is 1. The van der Waals surface area contributed by atoms with E-state index in [2.05, 4.69) is 10.1 Å². The molecule has 4 nitrogen and oxygen atoms in total. The van der Waals surface area contributed by atoms with Crippen LogP contribution in [0, 0.1) is 0 Å². The number of halogens is 3. The maximum atomic E-state index is 12.9. The molecule has 0 aliphatic carbocycles. The molecule has 0 aliphatic rings. The van der Waals surface area contributed by atoms with Crippen LogP contribution in [0.5, 0.6) is 5.75 Å². The van der Waals surface area contributed by atoms with Gasteiger partial charge in [-0.2, -0.15) is 13.2 Å². The number of methoxy groups -OCH3 is 1. The second-order valence-corrected chi connectivity index (χ2v) is 6.04. The molecule has 0 atom stereocenters. The summed E-state index contributed by atoms with van der Waals surface area (Å²) in [6, 6.07) is 4.71. The van der Waals surface area contributed by atoms with Gasteiger partial charge in [0.1, 0.15) is 17.3 Å². The van der Waals surface area contributed by atoms with Crippen molar-refractivity contribution in [3.63, 3.8) is 0 Å². The summed E-state index contributed by atoms with van der Waals surface area (Å²) in [6.07, 6.45) is -3.96. The Morgan fingerprint density at radius 1 is 1.38 bits per heavy atom. The fourth-order valence-electron chi connectivity index (χ4n) is 2.18. The summed E-state index contributed by atoms with van der Waals surface area (Å²) in [4.78, 5) is 11.9. The molecule has 2 rings (SSSR count). The van der Waals surface area contributed by atoms with Crippen molar-refractivity contribution in [2.75, 3.05) is 19.0 Å². The predicted molar refractivity (Wildman–Crippen MR) is 86.3 cm³/mol. The molecule has 0 amide bonds. The quantitative estimate of drug-likeness (QED) is 0.782.